The van der Waals surface area contributed by atoms with Gasteiger partial charge in [0.1, 0.15) is 0 Å². The standard InChI is InChI=1S/C25H23N3O2/c1-3-17(2)19-8-10-20(11-9-19)24-14-22(21-6-4-5-7-23(21)27-24)25(29)28-26-15-18-12-13-30-16-18/h4-17H,3H2,1-2H3,(H,28,29)/b26-15+. The first-order valence-electron chi connectivity index (χ1n) is 10.0. The first kappa shape index (κ1) is 19.6. The highest BCUT2D eigenvalue weighted by molar-refractivity contribution is 6.07. The number of hydrazone groups is 1. The van der Waals surface area contributed by atoms with Crippen molar-refractivity contribution >= 4 is 23.0 Å². The lowest BCUT2D eigenvalue weighted by atomic mass is 9.96. The van der Waals surface area contributed by atoms with Crippen LogP contribution in [0.5, 0.6) is 0 Å². The molecule has 2 aromatic carbocycles. The summed E-state index contributed by atoms with van der Waals surface area (Å²) in [4.78, 5) is 17.7. The average Bonchev–Trinajstić information content (AvgIpc) is 3.31. The molecule has 150 valence electrons. The van der Waals surface area contributed by atoms with E-state index in [2.05, 4.69) is 48.6 Å². The Labute approximate surface area is 175 Å². The third-order valence-electron chi connectivity index (χ3n) is 5.27. The highest BCUT2D eigenvalue weighted by Crippen LogP contribution is 2.27. The smallest absolute Gasteiger partial charge is 0.272 e. The van der Waals surface area contributed by atoms with Crippen LogP contribution in [0.4, 0.5) is 0 Å². The zero-order chi connectivity index (χ0) is 20.9. The summed E-state index contributed by atoms with van der Waals surface area (Å²) in [5.41, 5.74) is 7.71. The molecule has 0 aliphatic rings. The van der Waals surface area contributed by atoms with Gasteiger partial charge in [-0.15, -0.1) is 0 Å². The number of furan rings is 1. The SMILES string of the molecule is CCC(C)c1ccc(-c2cc(C(=O)N/N=C/c3ccoc3)c3ccccc3n2)cc1. The molecule has 0 radical (unpaired) electrons. The average molecular weight is 397 g/mol. The van der Waals surface area contributed by atoms with Crippen molar-refractivity contribution in [2.24, 2.45) is 5.10 Å². The Morgan fingerprint density at radius 2 is 1.97 bits per heavy atom. The van der Waals surface area contributed by atoms with Gasteiger partial charge in [-0.3, -0.25) is 4.79 Å². The summed E-state index contributed by atoms with van der Waals surface area (Å²) < 4.78 is 5.00. The van der Waals surface area contributed by atoms with Crippen LogP contribution in [0.3, 0.4) is 0 Å². The monoisotopic (exact) mass is 397 g/mol. The van der Waals surface area contributed by atoms with Crippen LogP contribution in [0, 0.1) is 0 Å². The number of rotatable bonds is 6. The van der Waals surface area contributed by atoms with Gasteiger partial charge in [-0.05, 0) is 36.1 Å². The van der Waals surface area contributed by atoms with Gasteiger partial charge in [-0.2, -0.15) is 5.10 Å². The molecule has 0 aliphatic carbocycles. The fraction of sp³-hybridized carbons (Fsp3) is 0.160. The maximum Gasteiger partial charge on any atom is 0.272 e. The Hall–Kier alpha value is -3.73. The second kappa shape index (κ2) is 8.74. The van der Waals surface area contributed by atoms with E-state index in [0.29, 0.717) is 11.5 Å². The molecule has 0 fully saturated rings. The molecule has 0 spiro atoms. The molecular weight excluding hydrogens is 374 g/mol. The number of carbonyl (C=O) groups excluding carboxylic acids is 1. The number of hydrogen-bond donors (Lipinski definition) is 1. The van der Waals surface area contributed by atoms with Crippen LogP contribution < -0.4 is 5.43 Å². The van der Waals surface area contributed by atoms with E-state index in [1.54, 1.807) is 24.8 Å². The van der Waals surface area contributed by atoms with Gasteiger partial charge in [0, 0.05) is 16.5 Å². The van der Waals surface area contributed by atoms with Crippen molar-refractivity contribution in [3.05, 3.63) is 89.9 Å². The maximum atomic E-state index is 12.9. The largest absolute Gasteiger partial charge is 0.472 e. The van der Waals surface area contributed by atoms with Crippen molar-refractivity contribution in [1.29, 1.82) is 0 Å². The van der Waals surface area contributed by atoms with Gasteiger partial charge in [0.2, 0.25) is 0 Å². The van der Waals surface area contributed by atoms with Crippen LogP contribution in [-0.4, -0.2) is 17.1 Å². The molecule has 5 heteroatoms. The summed E-state index contributed by atoms with van der Waals surface area (Å²) in [5, 5.41) is 4.82. The molecule has 0 saturated heterocycles. The molecule has 1 unspecified atom stereocenters. The number of nitrogens with one attached hydrogen (secondary N) is 1. The zero-order valence-corrected chi connectivity index (χ0v) is 17.0. The van der Waals surface area contributed by atoms with Crippen LogP contribution in [-0.2, 0) is 0 Å². The quantitative estimate of drug-likeness (QED) is 0.332. The molecule has 2 aromatic heterocycles. The molecule has 1 amide bonds. The fourth-order valence-electron chi connectivity index (χ4n) is 3.30. The molecule has 5 nitrogen and oxygen atoms in total. The third-order valence-corrected chi connectivity index (χ3v) is 5.27. The Morgan fingerprint density at radius 3 is 2.70 bits per heavy atom. The summed E-state index contributed by atoms with van der Waals surface area (Å²) in [6.07, 6.45) is 5.74. The molecule has 4 aromatic rings. The Morgan fingerprint density at radius 1 is 1.17 bits per heavy atom. The number of pyridine rings is 1. The number of nitrogens with zero attached hydrogens (tertiary/aromatic N) is 2. The second-order valence-electron chi connectivity index (χ2n) is 7.26. The number of hydrogen-bond acceptors (Lipinski definition) is 4. The van der Waals surface area contributed by atoms with Gasteiger partial charge in [-0.1, -0.05) is 56.3 Å². The molecule has 0 aliphatic heterocycles. The van der Waals surface area contributed by atoms with E-state index >= 15 is 0 Å². The predicted octanol–water partition coefficient (Wildman–Crippen LogP) is 5.77. The fourth-order valence-corrected chi connectivity index (χ4v) is 3.30. The second-order valence-corrected chi connectivity index (χ2v) is 7.26. The lowest BCUT2D eigenvalue weighted by Gasteiger charge is -2.11. The summed E-state index contributed by atoms with van der Waals surface area (Å²) in [7, 11) is 0. The van der Waals surface area contributed by atoms with Gasteiger partial charge in [0.15, 0.2) is 0 Å². The van der Waals surface area contributed by atoms with Crippen molar-refractivity contribution in [1.82, 2.24) is 10.4 Å². The van der Waals surface area contributed by atoms with Gasteiger partial charge in [-0.25, -0.2) is 10.4 Å². The van der Waals surface area contributed by atoms with Crippen LogP contribution >= 0.6 is 0 Å². The van der Waals surface area contributed by atoms with E-state index in [1.165, 1.54) is 5.56 Å². The zero-order valence-electron chi connectivity index (χ0n) is 17.0. The summed E-state index contributed by atoms with van der Waals surface area (Å²) >= 11 is 0. The van der Waals surface area contributed by atoms with Crippen molar-refractivity contribution in [3.63, 3.8) is 0 Å². The molecule has 2 heterocycles. The normalized spacial score (nSPS) is 12.3. The molecular formula is C25H23N3O2. The molecule has 0 saturated carbocycles. The highest BCUT2D eigenvalue weighted by atomic mass is 16.3. The Balaban J connectivity index is 1.68. The van der Waals surface area contributed by atoms with E-state index in [-0.39, 0.29) is 5.91 Å². The van der Waals surface area contributed by atoms with Crippen LogP contribution in [0.1, 0.15) is 47.7 Å². The van der Waals surface area contributed by atoms with Crippen molar-refractivity contribution < 1.29 is 9.21 Å². The van der Waals surface area contributed by atoms with Crippen molar-refractivity contribution in [2.75, 3.05) is 0 Å². The highest BCUT2D eigenvalue weighted by Gasteiger charge is 2.14. The number of amides is 1. The molecule has 30 heavy (non-hydrogen) atoms. The number of fused-ring (bicyclic) bond motifs is 1. The van der Waals surface area contributed by atoms with Gasteiger partial charge in [0.05, 0.1) is 35.5 Å². The number of para-hydroxylation sites is 1. The maximum absolute atomic E-state index is 12.9. The third kappa shape index (κ3) is 4.15. The minimum absolute atomic E-state index is 0.286. The summed E-state index contributed by atoms with van der Waals surface area (Å²) in [6, 6.07) is 19.6. The van der Waals surface area contributed by atoms with Gasteiger partial charge in [0.25, 0.3) is 5.91 Å². The lowest BCUT2D eigenvalue weighted by molar-refractivity contribution is 0.0956. The van der Waals surface area contributed by atoms with E-state index in [0.717, 1.165) is 34.1 Å². The van der Waals surface area contributed by atoms with Crippen LogP contribution in [0.2, 0.25) is 0 Å². The minimum Gasteiger partial charge on any atom is -0.472 e. The van der Waals surface area contributed by atoms with E-state index in [1.807, 2.05) is 30.3 Å². The van der Waals surface area contributed by atoms with E-state index in [4.69, 9.17) is 9.40 Å². The Kier molecular flexibility index (Phi) is 5.70. The van der Waals surface area contributed by atoms with Gasteiger partial charge >= 0.3 is 0 Å². The predicted molar refractivity (Wildman–Crippen MR) is 120 cm³/mol. The summed E-state index contributed by atoms with van der Waals surface area (Å²) in [6.45, 7) is 4.40. The number of carbonyl (C=O) groups is 1. The van der Waals surface area contributed by atoms with Crippen LogP contribution in [0.25, 0.3) is 22.2 Å². The minimum atomic E-state index is -0.286. The molecule has 4 rings (SSSR count). The first-order valence-corrected chi connectivity index (χ1v) is 10.0. The molecule has 1 atom stereocenters. The summed E-state index contributed by atoms with van der Waals surface area (Å²) in [5.74, 6) is 0.226. The van der Waals surface area contributed by atoms with E-state index < -0.39 is 0 Å². The van der Waals surface area contributed by atoms with E-state index in [9.17, 15) is 4.79 Å². The Bertz CT molecular complexity index is 1180. The topological polar surface area (TPSA) is 67.5 Å². The first-order chi connectivity index (χ1) is 14.7. The molecule has 0 bridgehead atoms. The van der Waals surface area contributed by atoms with Crippen LogP contribution in [0.15, 0.2) is 82.7 Å². The van der Waals surface area contributed by atoms with Crippen molar-refractivity contribution in [3.8, 4) is 11.3 Å². The van der Waals surface area contributed by atoms with Crippen molar-refractivity contribution in [2.45, 2.75) is 26.2 Å². The van der Waals surface area contributed by atoms with Gasteiger partial charge < -0.3 is 4.42 Å². The number of aromatic nitrogens is 1. The number of benzene rings is 2. The lowest BCUT2D eigenvalue weighted by Crippen LogP contribution is -2.18. The molecule has 1 N–H and O–H groups in total.